The van der Waals surface area contributed by atoms with Crippen LogP contribution in [0.15, 0.2) is 42.5 Å². The maximum absolute atomic E-state index is 5.51. The Morgan fingerprint density at radius 1 is 1.22 bits per heavy atom. The molecular formula is C19H23N2OS+. The number of thiazole rings is 1. The molecule has 4 heteroatoms. The van der Waals surface area contributed by atoms with Crippen molar-refractivity contribution in [2.24, 2.45) is 0 Å². The van der Waals surface area contributed by atoms with Crippen molar-refractivity contribution in [1.82, 2.24) is 4.98 Å². The standard InChI is InChI=1S/C19H22N2OS/c1-13-9-10-17(22-4)15(11-13)12-21(3)14(2)19-20-16-7-5-6-8-18(16)23-19/h5-11,14H,12H2,1-4H3/p+1/t14-/m0/s1. The van der Waals surface area contributed by atoms with Gasteiger partial charge in [-0.15, -0.1) is 11.3 Å². The lowest BCUT2D eigenvalue weighted by molar-refractivity contribution is -0.923. The largest absolute Gasteiger partial charge is 0.496 e. The predicted octanol–water partition coefficient (Wildman–Crippen LogP) is 3.39. The van der Waals surface area contributed by atoms with Crippen molar-refractivity contribution < 1.29 is 9.64 Å². The van der Waals surface area contributed by atoms with Gasteiger partial charge in [-0.1, -0.05) is 23.8 Å². The van der Waals surface area contributed by atoms with Crippen LogP contribution in [-0.4, -0.2) is 19.1 Å². The molecule has 1 heterocycles. The van der Waals surface area contributed by atoms with E-state index in [1.165, 1.54) is 25.7 Å². The first-order chi connectivity index (χ1) is 11.1. The number of para-hydroxylation sites is 1. The average molecular weight is 327 g/mol. The number of methoxy groups -OCH3 is 1. The zero-order chi connectivity index (χ0) is 16.4. The smallest absolute Gasteiger partial charge is 0.151 e. The summed E-state index contributed by atoms with van der Waals surface area (Å²) in [5, 5.41) is 1.19. The fourth-order valence-corrected chi connectivity index (χ4v) is 3.90. The van der Waals surface area contributed by atoms with Crippen molar-refractivity contribution in [3.8, 4) is 5.75 Å². The van der Waals surface area contributed by atoms with E-state index in [-0.39, 0.29) is 0 Å². The number of rotatable bonds is 5. The van der Waals surface area contributed by atoms with E-state index in [0.717, 1.165) is 17.8 Å². The number of nitrogens with zero attached hydrogens (tertiary/aromatic N) is 1. The zero-order valence-electron chi connectivity index (χ0n) is 14.1. The van der Waals surface area contributed by atoms with E-state index in [0.29, 0.717) is 6.04 Å². The number of nitrogens with one attached hydrogen (secondary N) is 1. The van der Waals surface area contributed by atoms with Gasteiger partial charge in [-0.05, 0) is 38.1 Å². The molecule has 0 radical (unpaired) electrons. The third-order valence-corrected chi connectivity index (χ3v) is 5.54. The van der Waals surface area contributed by atoms with Gasteiger partial charge < -0.3 is 9.64 Å². The molecule has 0 aliphatic carbocycles. The van der Waals surface area contributed by atoms with Gasteiger partial charge in [0.2, 0.25) is 0 Å². The highest BCUT2D eigenvalue weighted by molar-refractivity contribution is 7.18. The number of benzene rings is 2. The lowest BCUT2D eigenvalue weighted by atomic mass is 10.1. The maximum Gasteiger partial charge on any atom is 0.151 e. The van der Waals surface area contributed by atoms with Gasteiger partial charge in [0.05, 0.1) is 24.4 Å². The van der Waals surface area contributed by atoms with Crippen molar-refractivity contribution >= 4 is 21.6 Å². The van der Waals surface area contributed by atoms with Gasteiger partial charge in [0.1, 0.15) is 18.3 Å². The van der Waals surface area contributed by atoms with E-state index in [4.69, 9.17) is 9.72 Å². The van der Waals surface area contributed by atoms with Crippen LogP contribution in [0.25, 0.3) is 10.2 Å². The highest BCUT2D eigenvalue weighted by atomic mass is 32.1. The van der Waals surface area contributed by atoms with E-state index < -0.39 is 0 Å². The zero-order valence-corrected chi connectivity index (χ0v) is 14.9. The molecule has 0 aliphatic heterocycles. The number of ether oxygens (including phenoxy) is 1. The van der Waals surface area contributed by atoms with Crippen LogP contribution in [-0.2, 0) is 6.54 Å². The Morgan fingerprint density at radius 2 is 2.00 bits per heavy atom. The van der Waals surface area contributed by atoms with Gasteiger partial charge in [-0.25, -0.2) is 4.98 Å². The molecule has 0 aliphatic rings. The summed E-state index contributed by atoms with van der Waals surface area (Å²) in [5.74, 6) is 0.964. The summed E-state index contributed by atoms with van der Waals surface area (Å²) in [6, 6.07) is 15.1. The quantitative estimate of drug-likeness (QED) is 0.777. The van der Waals surface area contributed by atoms with Crippen LogP contribution in [0.4, 0.5) is 0 Å². The molecule has 0 saturated heterocycles. The van der Waals surface area contributed by atoms with Crippen LogP contribution in [0.3, 0.4) is 0 Å². The summed E-state index contributed by atoms with van der Waals surface area (Å²) in [5.41, 5.74) is 3.61. The topological polar surface area (TPSA) is 26.6 Å². The molecule has 1 unspecified atom stereocenters. The second-order valence-corrected chi connectivity index (χ2v) is 7.14. The Balaban J connectivity index is 1.82. The van der Waals surface area contributed by atoms with Crippen LogP contribution >= 0.6 is 11.3 Å². The normalized spacial score (nSPS) is 13.9. The first-order valence-electron chi connectivity index (χ1n) is 7.90. The molecule has 1 N–H and O–H groups in total. The monoisotopic (exact) mass is 327 g/mol. The van der Waals surface area contributed by atoms with Gasteiger partial charge in [0.15, 0.2) is 5.01 Å². The van der Waals surface area contributed by atoms with Gasteiger partial charge >= 0.3 is 0 Å². The minimum Gasteiger partial charge on any atom is -0.496 e. The first kappa shape index (κ1) is 16.0. The third kappa shape index (κ3) is 3.38. The number of quaternary nitrogens is 1. The Hall–Kier alpha value is -1.91. The minimum atomic E-state index is 0.345. The summed E-state index contributed by atoms with van der Waals surface area (Å²) in [6.07, 6.45) is 0. The lowest BCUT2D eigenvalue weighted by Crippen LogP contribution is -3.07. The lowest BCUT2D eigenvalue weighted by Gasteiger charge is -2.21. The molecule has 23 heavy (non-hydrogen) atoms. The Morgan fingerprint density at radius 3 is 2.74 bits per heavy atom. The fraction of sp³-hybridized carbons (Fsp3) is 0.316. The van der Waals surface area contributed by atoms with Crippen molar-refractivity contribution in [3.63, 3.8) is 0 Å². The van der Waals surface area contributed by atoms with Crippen molar-refractivity contribution in [2.75, 3.05) is 14.2 Å². The number of hydrogen-bond acceptors (Lipinski definition) is 3. The molecule has 0 bridgehead atoms. The van der Waals surface area contributed by atoms with E-state index in [1.807, 2.05) is 6.07 Å². The van der Waals surface area contributed by atoms with E-state index in [1.54, 1.807) is 18.4 Å². The fourth-order valence-electron chi connectivity index (χ4n) is 2.79. The molecule has 3 aromatic rings. The second-order valence-electron chi connectivity index (χ2n) is 6.08. The van der Waals surface area contributed by atoms with Crippen molar-refractivity contribution in [1.29, 1.82) is 0 Å². The summed E-state index contributed by atoms with van der Waals surface area (Å²) in [7, 11) is 3.96. The molecule has 2 aromatic carbocycles. The molecule has 3 rings (SSSR count). The summed E-state index contributed by atoms with van der Waals surface area (Å²) in [6.45, 7) is 5.28. The molecule has 120 valence electrons. The van der Waals surface area contributed by atoms with E-state index in [2.05, 4.69) is 57.3 Å². The van der Waals surface area contributed by atoms with Crippen molar-refractivity contribution in [2.45, 2.75) is 26.4 Å². The average Bonchev–Trinajstić information content (AvgIpc) is 2.98. The summed E-state index contributed by atoms with van der Waals surface area (Å²) < 4.78 is 6.77. The number of aromatic nitrogens is 1. The van der Waals surface area contributed by atoms with E-state index >= 15 is 0 Å². The number of aryl methyl sites for hydroxylation is 1. The SMILES string of the molecule is COc1ccc(C)cc1C[NH+](C)[C@@H](C)c1nc2ccccc2s1. The number of fused-ring (bicyclic) bond motifs is 1. The highest BCUT2D eigenvalue weighted by Gasteiger charge is 2.21. The molecule has 1 aromatic heterocycles. The minimum absolute atomic E-state index is 0.345. The highest BCUT2D eigenvalue weighted by Crippen LogP contribution is 2.25. The molecule has 0 spiro atoms. The molecular weight excluding hydrogens is 304 g/mol. The molecule has 0 fully saturated rings. The van der Waals surface area contributed by atoms with Gasteiger partial charge in [-0.3, -0.25) is 0 Å². The molecule has 0 amide bonds. The molecule has 0 saturated carbocycles. The molecule has 2 atom stereocenters. The van der Waals surface area contributed by atoms with Crippen LogP contribution in [0.5, 0.6) is 5.75 Å². The van der Waals surface area contributed by atoms with Gasteiger partial charge in [-0.2, -0.15) is 0 Å². The maximum atomic E-state index is 5.51. The van der Waals surface area contributed by atoms with Gasteiger partial charge in [0, 0.05) is 5.56 Å². The predicted molar refractivity (Wildman–Crippen MR) is 96.4 cm³/mol. The van der Waals surface area contributed by atoms with Crippen LogP contribution in [0, 0.1) is 6.92 Å². The van der Waals surface area contributed by atoms with Crippen LogP contribution < -0.4 is 9.64 Å². The Labute approximate surface area is 141 Å². The van der Waals surface area contributed by atoms with Gasteiger partial charge in [0.25, 0.3) is 0 Å². The van der Waals surface area contributed by atoms with E-state index in [9.17, 15) is 0 Å². The first-order valence-corrected chi connectivity index (χ1v) is 8.71. The third-order valence-electron chi connectivity index (χ3n) is 4.33. The second kappa shape index (κ2) is 6.69. The summed E-state index contributed by atoms with van der Waals surface area (Å²) in [4.78, 5) is 6.21. The molecule has 3 nitrogen and oxygen atoms in total. The van der Waals surface area contributed by atoms with Crippen molar-refractivity contribution in [3.05, 3.63) is 58.6 Å². The van der Waals surface area contributed by atoms with Crippen LogP contribution in [0.2, 0.25) is 0 Å². The van der Waals surface area contributed by atoms with Crippen LogP contribution in [0.1, 0.15) is 29.1 Å². The Bertz CT molecular complexity index is 779. The Kier molecular flexibility index (Phi) is 4.64. The summed E-state index contributed by atoms with van der Waals surface area (Å²) >= 11 is 1.79. The number of hydrogen-bond donors (Lipinski definition) is 1.